The van der Waals surface area contributed by atoms with Crippen LogP contribution in [-0.4, -0.2) is 67.0 Å². The maximum atomic E-state index is 12.2. The molecule has 6 nitrogen and oxygen atoms in total. The summed E-state index contributed by atoms with van der Waals surface area (Å²) in [5, 5.41) is 0. The lowest BCUT2D eigenvalue weighted by molar-refractivity contribution is -0.144. The maximum absolute atomic E-state index is 12.2. The number of amides is 2. The molecule has 20 heavy (non-hydrogen) atoms. The van der Waals surface area contributed by atoms with Crippen LogP contribution in [0.3, 0.4) is 0 Å². The molecule has 0 bridgehead atoms. The van der Waals surface area contributed by atoms with Crippen LogP contribution < -0.4 is 5.73 Å². The van der Waals surface area contributed by atoms with Gasteiger partial charge in [-0.1, -0.05) is 13.8 Å². The fourth-order valence-electron chi connectivity index (χ4n) is 2.16. The van der Waals surface area contributed by atoms with Crippen LogP contribution in [0.5, 0.6) is 0 Å². The minimum absolute atomic E-state index is 0.0347. The Kier molecular flexibility index (Phi) is 6.95. The van der Waals surface area contributed by atoms with Crippen LogP contribution in [0.1, 0.15) is 27.2 Å². The first-order valence-corrected chi connectivity index (χ1v) is 7.31. The minimum atomic E-state index is -0.392. The van der Waals surface area contributed by atoms with Gasteiger partial charge in [0.25, 0.3) is 5.91 Å². The van der Waals surface area contributed by atoms with Crippen molar-refractivity contribution in [3.8, 4) is 0 Å². The number of nitrogens with zero attached hydrogens (tertiary/aromatic N) is 2. The molecule has 0 aromatic carbocycles. The third kappa shape index (κ3) is 5.88. The van der Waals surface area contributed by atoms with Crippen molar-refractivity contribution in [1.82, 2.24) is 9.80 Å². The van der Waals surface area contributed by atoms with Gasteiger partial charge in [-0.3, -0.25) is 14.5 Å². The van der Waals surface area contributed by atoms with E-state index in [1.54, 1.807) is 11.8 Å². The minimum Gasteiger partial charge on any atom is -0.369 e. The van der Waals surface area contributed by atoms with E-state index in [-0.39, 0.29) is 18.4 Å². The summed E-state index contributed by atoms with van der Waals surface area (Å²) in [5.41, 5.74) is 5.16. The average molecular weight is 285 g/mol. The number of carbonyl (C=O) groups is 2. The highest BCUT2D eigenvalue weighted by Crippen LogP contribution is 2.07. The van der Waals surface area contributed by atoms with Gasteiger partial charge < -0.3 is 15.4 Å². The first-order chi connectivity index (χ1) is 9.40. The molecule has 0 aromatic rings. The van der Waals surface area contributed by atoms with Crippen LogP contribution in [0, 0.1) is 5.92 Å². The lowest BCUT2D eigenvalue weighted by Crippen LogP contribution is -2.52. The van der Waals surface area contributed by atoms with Crippen molar-refractivity contribution in [2.75, 3.05) is 39.3 Å². The quantitative estimate of drug-likeness (QED) is 0.718. The van der Waals surface area contributed by atoms with E-state index in [1.807, 2.05) is 4.90 Å². The summed E-state index contributed by atoms with van der Waals surface area (Å²) in [5.74, 6) is 0.289. The first kappa shape index (κ1) is 16.9. The molecule has 1 fully saturated rings. The van der Waals surface area contributed by atoms with Crippen LogP contribution in [-0.2, 0) is 14.3 Å². The van der Waals surface area contributed by atoms with Gasteiger partial charge in [-0.05, 0) is 19.3 Å². The van der Waals surface area contributed by atoms with Crippen molar-refractivity contribution >= 4 is 11.8 Å². The fraction of sp³-hybridized carbons (Fsp3) is 0.857. The van der Waals surface area contributed by atoms with Crippen LogP contribution >= 0.6 is 0 Å². The number of ether oxygens (including phenoxy) is 1. The molecule has 0 radical (unpaired) electrons. The summed E-state index contributed by atoms with van der Waals surface area (Å²) in [6, 6.07) is 0. The predicted molar refractivity (Wildman–Crippen MR) is 77.1 cm³/mol. The largest absolute Gasteiger partial charge is 0.369 e. The number of hydrogen-bond acceptors (Lipinski definition) is 4. The Labute approximate surface area is 121 Å². The van der Waals surface area contributed by atoms with Gasteiger partial charge >= 0.3 is 0 Å². The van der Waals surface area contributed by atoms with Crippen molar-refractivity contribution < 1.29 is 14.3 Å². The van der Waals surface area contributed by atoms with E-state index < -0.39 is 6.10 Å². The Morgan fingerprint density at radius 2 is 1.75 bits per heavy atom. The molecular formula is C14H27N3O3. The van der Waals surface area contributed by atoms with Gasteiger partial charge in [-0.2, -0.15) is 0 Å². The standard InChI is InChI=1S/C14H27N3O3/c1-11(2)4-9-20-12(3)14(19)17-7-5-16(6-8-17)10-13(15)18/h11-12H,4-10H2,1-3H3,(H2,15,18). The molecule has 1 aliphatic heterocycles. The highest BCUT2D eigenvalue weighted by Gasteiger charge is 2.25. The Morgan fingerprint density at radius 1 is 1.15 bits per heavy atom. The zero-order chi connectivity index (χ0) is 15.1. The molecular weight excluding hydrogens is 258 g/mol. The molecule has 1 unspecified atom stereocenters. The van der Waals surface area contributed by atoms with Crippen LogP contribution in [0.15, 0.2) is 0 Å². The van der Waals surface area contributed by atoms with E-state index >= 15 is 0 Å². The molecule has 1 heterocycles. The van der Waals surface area contributed by atoms with E-state index in [0.717, 1.165) is 6.42 Å². The van der Waals surface area contributed by atoms with Crippen molar-refractivity contribution in [3.05, 3.63) is 0 Å². The van der Waals surface area contributed by atoms with Gasteiger partial charge in [0, 0.05) is 32.8 Å². The Bertz CT molecular complexity index is 326. The molecule has 6 heteroatoms. The SMILES string of the molecule is CC(C)CCOC(C)C(=O)N1CCN(CC(N)=O)CC1. The maximum Gasteiger partial charge on any atom is 0.251 e. The van der Waals surface area contributed by atoms with Crippen molar-refractivity contribution in [2.24, 2.45) is 11.7 Å². The van der Waals surface area contributed by atoms with Crippen LogP contribution in [0.2, 0.25) is 0 Å². The second kappa shape index (κ2) is 8.21. The predicted octanol–water partition coefficient (Wildman–Crippen LogP) is 0.0671. The Hall–Kier alpha value is -1.14. The summed E-state index contributed by atoms with van der Waals surface area (Å²) in [7, 11) is 0. The number of piperazine rings is 1. The smallest absolute Gasteiger partial charge is 0.251 e. The summed E-state index contributed by atoms with van der Waals surface area (Å²) in [6.45, 7) is 9.59. The summed E-state index contributed by atoms with van der Waals surface area (Å²) in [6.07, 6.45) is 0.570. The number of primary amides is 1. The lowest BCUT2D eigenvalue weighted by Gasteiger charge is -2.35. The average Bonchev–Trinajstić information content (AvgIpc) is 2.37. The third-order valence-corrected chi connectivity index (χ3v) is 3.47. The molecule has 0 saturated carbocycles. The fourth-order valence-corrected chi connectivity index (χ4v) is 2.16. The lowest BCUT2D eigenvalue weighted by atomic mass is 10.1. The van der Waals surface area contributed by atoms with Gasteiger partial charge in [0.1, 0.15) is 6.10 Å². The Morgan fingerprint density at radius 3 is 2.25 bits per heavy atom. The third-order valence-electron chi connectivity index (χ3n) is 3.47. The molecule has 1 rings (SSSR count). The van der Waals surface area contributed by atoms with Gasteiger partial charge in [0.15, 0.2) is 0 Å². The molecule has 0 spiro atoms. The van der Waals surface area contributed by atoms with Crippen LogP contribution in [0.4, 0.5) is 0 Å². The second-order valence-corrected chi connectivity index (χ2v) is 5.76. The number of carbonyl (C=O) groups excluding carboxylic acids is 2. The highest BCUT2D eigenvalue weighted by atomic mass is 16.5. The monoisotopic (exact) mass is 285 g/mol. The summed E-state index contributed by atoms with van der Waals surface area (Å²) in [4.78, 5) is 26.8. The van der Waals surface area contributed by atoms with E-state index in [0.29, 0.717) is 38.7 Å². The van der Waals surface area contributed by atoms with Gasteiger partial charge in [0.2, 0.25) is 5.91 Å². The van der Waals surface area contributed by atoms with E-state index in [4.69, 9.17) is 10.5 Å². The van der Waals surface area contributed by atoms with Gasteiger partial charge in [0.05, 0.1) is 6.54 Å². The molecule has 2 amide bonds. The zero-order valence-corrected chi connectivity index (χ0v) is 12.8. The van der Waals surface area contributed by atoms with Gasteiger partial charge in [-0.15, -0.1) is 0 Å². The summed E-state index contributed by atoms with van der Waals surface area (Å²) < 4.78 is 5.58. The second-order valence-electron chi connectivity index (χ2n) is 5.76. The normalized spacial score (nSPS) is 18.3. The number of nitrogens with two attached hydrogens (primary N) is 1. The van der Waals surface area contributed by atoms with E-state index in [1.165, 1.54) is 0 Å². The van der Waals surface area contributed by atoms with E-state index in [9.17, 15) is 9.59 Å². The first-order valence-electron chi connectivity index (χ1n) is 7.31. The molecule has 1 atom stereocenters. The van der Waals surface area contributed by atoms with Crippen LogP contribution in [0.25, 0.3) is 0 Å². The topological polar surface area (TPSA) is 75.9 Å². The van der Waals surface area contributed by atoms with Crippen molar-refractivity contribution in [3.63, 3.8) is 0 Å². The highest BCUT2D eigenvalue weighted by molar-refractivity contribution is 5.80. The number of rotatable bonds is 7. The van der Waals surface area contributed by atoms with Crippen molar-refractivity contribution in [2.45, 2.75) is 33.3 Å². The zero-order valence-electron chi connectivity index (χ0n) is 12.8. The number of hydrogen-bond donors (Lipinski definition) is 1. The molecule has 1 saturated heterocycles. The molecule has 1 aliphatic rings. The van der Waals surface area contributed by atoms with E-state index in [2.05, 4.69) is 13.8 Å². The van der Waals surface area contributed by atoms with Crippen molar-refractivity contribution in [1.29, 1.82) is 0 Å². The molecule has 2 N–H and O–H groups in total. The van der Waals surface area contributed by atoms with Gasteiger partial charge in [-0.25, -0.2) is 0 Å². The molecule has 116 valence electrons. The molecule has 0 aliphatic carbocycles. The molecule has 0 aromatic heterocycles. The Balaban J connectivity index is 2.29. The summed E-state index contributed by atoms with van der Waals surface area (Å²) >= 11 is 0.